The summed E-state index contributed by atoms with van der Waals surface area (Å²) in [6, 6.07) is 0. The third kappa shape index (κ3) is 5.21. The summed E-state index contributed by atoms with van der Waals surface area (Å²) in [4.78, 5) is 13.9. The summed E-state index contributed by atoms with van der Waals surface area (Å²) in [5.41, 5.74) is 0. The Morgan fingerprint density at radius 2 is 2.60 bits per heavy atom. The lowest BCUT2D eigenvalue weighted by atomic mass is 10.6. The van der Waals surface area contributed by atoms with Crippen LogP contribution in [0.2, 0.25) is 0 Å². The lowest BCUT2D eigenvalue weighted by Crippen LogP contribution is -2.25. The van der Waals surface area contributed by atoms with E-state index in [9.17, 15) is 4.79 Å². The van der Waals surface area contributed by atoms with Gasteiger partial charge in [0, 0.05) is 6.54 Å². The number of amides is 1. The minimum Gasteiger partial charge on any atom is -0.453 e. The first-order valence-corrected chi connectivity index (χ1v) is 3.07. The minimum atomic E-state index is -0.459. The maximum Gasteiger partial charge on any atom is 0.406 e. The summed E-state index contributed by atoms with van der Waals surface area (Å²) in [7, 11) is 1.30. The molecular weight excluding hydrogens is 152 g/mol. The lowest BCUT2D eigenvalue weighted by Gasteiger charge is -1.98. The SMILES string of the molecule is COC(=O)NCCN=C=S. The monoisotopic (exact) mass is 160 g/mol. The number of aliphatic imine (C=N–C) groups is 1. The van der Waals surface area contributed by atoms with Gasteiger partial charge >= 0.3 is 6.09 Å². The smallest absolute Gasteiger partial charge is 0.406 e. The highest BCUT2D eigenvalue weighted by Gasteiger charge is 1.93. The fourth-order valence-corrected chi connectivity index (χ4v) is 0.423. The van der Waals surface area contributed by atoms with Crippen molar-refractivity contribution in [1.29, 1.82) is 0 Å². The van der Waals surface area contributed by atoms with Crippen molar-refractivity contribution in [3.8, 4) is 0 Å². The van der Waals surface area contributed by atoms with Gasteiger partial charge < -0.3 is 10.1 Å². The molecule has 0 aliphatic rings. The molecule has 0 heterocycles. The summed E-state index contributed by atoms with van der Waals surface area (Å²) >= 11 is 4.30. The average Bonchev–Trinajstić information content (AvgIpc) is 1.98. The molecule has 0 aromatic heterocycles. The molecule has 0 saturated carbocycles. The first kappa shape index (κ1) is 9.07. The molecule has 10 heavy (non-hydrogen) atoms. The van der Waals surface area contributed by atoms with E-state index >= 15 is 0 Å². The first-order chi connectivity index (χ1) is 4.81. The molecule has 5 heteroatoms. The number of methoxy groups -OCH3 is 1. The Balaban J connectivity index is 3.19. The molecule has 0 aliphatic carbocycles. The fourth-order valence-electron chi connectivity index (χ4n) is 0.332. The maximum absolute atomic E-state index is 10.4. The molecule has 0 fully saturated rings. The number of ether oxygens (including phenoxy) is 1. The van der Waals surface area contributed by atoms with Crippen LogP contribution in [-0.2, 0) is 4.74 Å². The van der Waals surface area contributed by atoms with Gasteiger partial charge in [-0.05, 0) is 12.2 Å². The summed E-state index contributed by atoms with van der Waals surface area (Å²) < 4.78 is 4.29. The maximum atomic E-state index is 10.4. The summed E-state index contributed by atoms with van der Waals surface area (Å²) in [6.07, 6.45) is -0.459. The number of thiocarbonyl (C=S) groups is 1. The number of hydrogen-bond donors (Lipinski definition) is 1. The van der Waals surface area contributed by atoms with Crippen molar-refractivity contribution in [2.24, 2.45) is 4.99 Å². The summed E-state index contributed by atoms with van der Waals surface area (Å²) in [5.74, 6) is 0. The zero-order chi connectivity index (χ0) is 7.82. The van der Waals surface area contributed by atoms with Gasteiger partial charge in [-0.1, -0.05) is 0 Å². The van der Waals surface area contributed by atoms with Gasteiger partial charge in [0.2, 0.25) is 0 Å². The van der Waals surface area contributed by atoms with Gasteiger partial charge in [0.1, 0.15) is 0 Å². The van der Waals surface area contributed by atoms with Crippen LogP contribution in [0.25, 0.3) is 0 Å². The van der Waals surface area contributed by atoms with Crippen molar-refractivity contribution in [3.63, 3.8) is 0 Å². The Kier molecular flexibility index (Phi) is 5.62. The zero-order valence-electron chi connectivity index (χ0n) is 5.59. The molecule has 0 radical (unpaired) electrons. The van der Waals surface area contributed by atoms with Crippen LogP contribution in [0.5, 0.6) is 0 Å². The number of alkyl carbamates (subject to hydrolysis) is 1. The number of isothiocyanates is 1. The quantitative estimate of drug-likeness (QED) is 0.370. The Labute approximate surface area is 64.3 Å². The second kappa shape index (κ2) is 6.19. The van der Waals surface area contributed by atoms with Gasteiger partial charge in [0.15, 0.2) is 0 Å². The molecular formula is C5H8N2O2S. The van der Waals surface area contributed by atoms with Gasteiger partial charge in [0.05, 0.1) is 18.8 Å². The third-order valence-electron chi connectivity index (χ3n) is 0.743. The van der Waals surface area contributed by atoms with Crippen molar-refractivity contribution in [2.45, 2.75) is 0 Å². The van der Waals surface area contributed by atoms with E-state index in [4.69, 9.17) is 0 Å². The van der Waals surface area contributed by atoms with Crippen LogP contribution in [0.3, 0.4) is 0 Å². The highest BCUT2D eigenvalue weighted by molar-refractivity contribution is 7.78. The van der Waals surface area contributed by atoms with Crippen molar-refractivity contribution in [1.82, 2.24) is 5.32 Å². The van der Waals surface area contributed by atoms with Gasteiger partial charge in [0.25, 0.3) is 0 Å². The topological polar surface area (TPSA) is 50.7 Å². The van der Waals surface area contributed by atoms with Crippen LogP contribution < -0.4 is 5.32 Å². The average molecular weight is 160 g/mol. The Morgan fingerprint density at radius 3 is 3.10 bits per heavy atom. The molecule has 4 nitrogen and oxygen atoms in total. The van der Waals surface area contributed by atoms with E-state index in [-0.39, 0.29) is 0 Å². The Hall–Kier alpha value is -0.930. The molecule has 1 N–H and O–H groups in total. The van der Waals surface area contributed by atoms with Crippen LogP contribution in [0, 0.1) is 0 Å². The van der Waals surface area contributed by atoms with Crippen molar-refractivity contribution in [3.05, 3.63) is 0 Å². The number of hydrogen-bond acceptors (Lipinski definition) is 4. The number of carbonyl (C=O) groups is 1. The molecule has 0 aromatic rings. The number of carbonyl (C=O) groups excluding carboxylic acids is 1. The van der Waals surface area contributed by atoms with Gasteiger partial charge in [-0.3, -0.25) is 0 Å². The van der Waals surface area contributed by atoms with Crippen molar-refractivity contribution >= 4 is 23.5 Å². The molecule has 0 rings (SSSR count). The highest BCUT2D eigenvalue weighted by Crippen LogP contribution is 1.70. The lowest BCUT2D eigenvalue weighted by molar-refractivity contribution is 0.171. The molecule has 1 amide bonds. The van der Waals surface area contributed by atoms with Crippen LogP contribution in [0.15, 0.2) is 4.99 Å². The number of nitrogens with zero attached hydrogens (tertiary/aromatic N) is 1. The van der Waals surface area contributed by atoms with E-state index in [0.29, 0.717) is 13.1 Å². The van der Waals surface area contributed by atoms with Crippen molar-refractivity contribution in [2.75, 3.05) is 20.2 Å². The van der Waals surface area contributed by atoms with Crippen molar-refractivity contribution < 1.29 is 9.53 Å². The Morgan fingerprint density at radius 1 is 1.90 bits per heavy atom. The molecule has 0 aromatic carbocycles. The highest BCUT2D eigenvalue weighted by atomic mass is 32.1. The van der Waals surface area contributed by atoms with Crippen LogP contribution in [0.1, 0.15) is 0 Å². The van der Waals surface area contributed by atoms with Gasteiger partial charge in [-0.25, -0.2) is 9.79 Å². The standard InChI is InChI=1S/C5H8N2O2S/c1-9-5(8)7-3-2-6-4-10/h2-3H2,1H3,(H,7,8). The first-order valence-electron chi connectivity index (χ1n) is 2.66. The molecule has 0 unspecified atom stereocenters. The largest absolute Gasteiger partial charge is 0.453 e. The predicted molar refractivity (Wildman–Crippen MR) is 40.3 cm³/mol. The molecule has 56 valence electrons. The summed E-state index contributed by atoms with van der Waals surface area (Å²) in [6.45, 7) is 0.870. The number of rotatable bonds is 3. The van der Waals surface area contributed by atoms with E-state index in [0.717, 1.165) is 0 Å². The van der Waals surface area contributed by atoms with Crippen LogP contribution in [0.4, 0.5) is 4.79 Å². The normalized spacial score (nSPS) is 7.70. The molecule has 0 aliphatic heterocycles. The summed E-state index contributed by atoms with van der Waals surface area (Å²) in [5, 5.41) is 4.60. The van der Waals surface area contributed by atoms with Gasteiger partial charge in [-0.15, -0.1) is 0 Å². The minimum absolute atomic E-state index is 0.427. The van der Waals surface area contributed by atoms with E-state index in [2.05, 4.69) is 32.4 Å². The van der Waals surface area contributed by atoms with Gasteiger partial charge in [-0.2, -0.15) is 0 Å². The van der Waals surface area contributed by atoms with E-state index in [1.54, 1.807) is 0 Å². The fraction of sp³-hybridized carbons (Fsp3) is 0.600. The van der Waals surface area contributed by atoms with E-state index in [1.807, 2.05) is 0 Å². The van der Waals surface area contributed by atoms with Crippen LogP contribution >= 0.6 is 12.2 Å². The molecule has 0 bridgehead atoms. The molecule has 0 saturated heterocycles. The van der Waals surface area contributed by atoms with E-state index < -0.39 is 6.09 Å². The second-order valence-electron chi connectivity index (χ2n) is 1.39. The third-order valence-corrected chi connectivity index (χ3v) is 0.872. The van der Waals surface area contributed by atoms with Crippen LogP contribution in [-0.4, -0.2) is 31.5 Å². The molecule has 0 spiro atoms. The molecule has 0 atom stereocenters. The predicted octanol–water partition coefficient (Wildman–Crippen LogP) is 0.445. The zero-order valence-corrected chi connectivity index (χ0v) is 6.40. The second-order valence-corrected chi connectivity index (χ2v) is 1.57. The number of nitrogens with one attached hydrogen (secondary N) is 1. The Bertz CT molecular complexity index is 154. The van der Waals surface area contributed by atoms with E-state index in [1.165, 1.54) is 7.11 Å².